The molecule has 1 unspecified atom stereocenters. The summed E-state index contributed by atoms with van der Waals surface area (Å²) in [5, 5.41) is 0. The molecule has 4 aliphatic rings. The summed E-state index contributed by atoms with van der Waals surface area (Å²) in [7, 11) is -6.47. The SMILES string of the molecule is CC1(C)C2CCC1(CS(=O)(=O)N1CCC13CCS(=O)(=O)C3)CC2. The molecule has 4 fully saturated rings. The molecular formula is C16H27NO4S2. The standard InChI is InChI=1S/C16H27NO4S2/c1-14(2)13-3-5-15(14,6-4-13)11-23(20,21)17-9-7-16(17)8-10-22(18,19)12-16/h13H,3-12H2,1-2H3. The molecule has 1 spiro atoms. The Bertz CT molecular complexity index is 732. The van der Waals surface area contributed by atoms with Crippen LogP contribution in [0.4, 0.5) is 0 Å². The summed E-state index contributed by atoms with van der Waals surface area (Å²) in [6.45, 7) is 4.97. The maximum atomic E-state index is 13.1. The van der Waals surface area contributed by atoms with Crippen molar-refractivity contribution in [3.63, 3.8) is 0 Å². The van der Waals surface area contributed by atoms with E-state index >= 15 is 0 Å². The van der Waals surface area contributed by atoms with E-state index in [-0.39, 0.29) is 28.1 Å². The Kier molecular flexibility index (Phi) is 3.21. The summed E-state index contributed by atoms with van der Waals surface area (Å²) in [6, 6.07) is 0. The van der Waals surface area contributed by atoms with Crippen LogP contribution in [0.3, 0.4) is 0 Å². The van der Waals surface area contributed by atoms with Crippen LogP contribution in [0.25, 0.3) is 0 Å². The van der Waals surface area contributed by atoms with Gasteiger partial charge in [0.05, 0.1) is 22.8 Å². The lowest BCUT2D eigenvalue weighted by atomic mass is 9.71. The van der Waals surface area contributed by atoms with Gasteiger partial charge >= 0.3 is 0 Å². The number of hydrogen-bond donors (Lipinski definition) is 0. The molecule has 2 heterocycles. The smallest absolute Gasteiger partial charge is 0.215 e. The fourth-order valence-electron chi connectivity index (χ4n) is 5.97. The van der Waals surface area contributed by atoms with Gasteiger partial charge in [0.1, 0.15) is 0 Å². The van der Waals surface area contributed by atoms with Gasteiger partial charge in [-0.2, -0.15) is 4.31 Å². The quantitative estimate of drug-likeness (QED) is 0.768. The number of sulfone groups is 1. The van der Waals surface area contributed by atoms with Crippen LogP contribution in [0.2, 0.25) is 0 Å². The molecule has 0 aromatic heterocycles. The third-order valence-electron chi connectivity index (χ3n) is 7.80. The molecule has 2 aliphatic carbocycles. The van der Waals surface area contributed by atoms with E-state index in [9.17, 15) is 16.8 Å². The van der Waals surface area contributed by atoms with Crippen molar-refractivity contribution in [2.75, 3.05) is 23.8 Å². The van der Waals surface area contributed by atoms with Gasteiger partial charge in [-0.3, -0.25) is 0 Å². The van der Waals surface area contributed by atoms with Crippen LogP contribution < -0.4 is 0 Å². The lowest BCUT2D eigenvalue weighted by Gasteiger charge is -2.50. The number of sulfonamides is 1. The van der Waals surface area contributed by atoms with Gasteiger partial charge in [-0.15, -0.1) is 0 Å². The number of nitrogens with zero attached hydrogens (tertiary/aromatic N) is 1. The van der Waals surface area contributed by atoms with E-state index in [1.54, 1.807) is 4.31 Å². The Morgan fingerprint density at radius 3 is 2.13 bits per heavy atom. The van der Waals surface area contributed by atoms with Gasteiger partial charge in [0.15, 0.2) is 9.84 Å². The van der Waals surface area contributed by atoms with Crippen molar-refractivity contribution >= 4 is 19.9 Å². The molecule has 2 saturated carbocycles. The van der Waals surface area contributed by atoms with Crippen LogP contribution in [0.1, 0.15) is 52.4 Å². The molecule has 5 nitrogen and oxygen atoms in total. The van der Waals surface area contributed by atoms with Crippen LogP contribution in [-0.4, -0.2) is 50.5 Å². The van der Waals surface area contributed by atoms with E-state index in [0.717, 1.165) is 25.7 Å². The second-order valence-corrected chi connectivity index (χ2v) is 13.0. The zero-order chi connectivity index (χ0) is 16.7. The highest BCUT2D eigenvalue weighted by Crippen LogP contribution is 2.66. The van der Waals surface area contributed by atoms with Crippen LogP contribution in [-0.2, 0) is 19.9 Å². The maximum absolute atomic E-state index is 13.1. The normalized spacial score (nSPS) is 44.7. The van der Waals surface area contributed by atoms with Crippen LogP contribution in [0, 0.1) is 16.7 Å². The molecule has 0 radical (unpaired) electrons. The van der Waals surface area contributed by atoms with Gasteiger partial charge in [0.2, 0.25) is 10.0 Å². The molecule has 0 N–H and O–H groups in total. The zero-order valence-electron chi connectivity index (χ0n) is 14.0. The second kappa shape index (κ2) is 4.52. The fraction of sp³-hybridized carbons (Fsp3) is 1.00. The van der Waals surface area contributed by atoms with Crippen molar-refractivity contribution in [2.24, 2.45) is 16.7 Å². The summed E-state index contributed by atoms with van der Waals surface area (Å²) in [5.74, 6) is 1.02. The molecule has 4 rings (SSSR count). The van der Waals surface area contributed by atoms with Gasteiger partial charge < -0.3 is 0 Å². The van der Waals surface area contributed by atoms with E-state index < -0.39 is 25.4 Å². The van der Waals surface area contributed by atoms with E-state index in [4.69, 9.17) is 0 Å². The van der Waals surface area contributed by atoms with Crippen molar-refractivity contribution < 1.29 is 16.8 Å². The van der Waals surface area contributed by atoms with Crippen LogP contribution in [0.15, 0.2) is 0 Å². The number of rotatable bonds is 3. The molecule has 7 heteroatoms. The van der Waals surface area contributed by atoms with Crippen molar-refractivity contribution in [3.8, 4) is 0 Å². The molecule has 0 amide bonds. The fourth-order valence-corrected chi connectivity index (χ4v) is 10.9. The van der Waals surface area contributed by atoms with Crippen molar-refractivity contribution in [1.82, 2.24) is 4.31 Å². The average molecular weight is 362 g/mol. The van der Waals surface area contributed by atoms with Gasteiger partial charge in [-0.05, 0) is 55.3 Å². The van der Waals surface area contributed by atoms with E-state index in [2.05, 4.69) is 13.8 Å². The molecule has 2 saturated heterocycles. The van der Waals surface area contributed by atoms with Crippen molar-refractivity contribution in [3.05, 3.63) is 0 Å². The summed E-state index contributed by atoms with van der Waals surface area (Å²) >= 11 is 0. The zero-order valence-corrected chi connectivity index (χ0v) is 15.7. The van der Waals surface area contributed by atoms with Gasteiger partial charge in [-0.1, -0.05) is 13.8 Å². The minimum Gasteiger partial charge on any atom is -0.229 e. The highest BCUT2D eigenvalue weighted by molar-refractivity contribution is 7.92. The average Bonchev–Trinajstić information content (AvgIpc) is 2.93. The summed E-state index contributed by atoms with van der Waals surface area (Å²) in [6.07, 6.45) is 5.47. The van der Waals surface area contributed by atoms with Gasteiger partial charge in [0, 0.05) is 6.54 Å². The summed E-state index contributed by atoms with van der Waals surface area (Å²) in [4.78, 5) is 0. The Morgan fingerprint density at radius 1 is 1.09 bits per heavy atom. The Labute approximate surface area is 139 Å². The van der Waals surface area contributed by atoms with Gasteiger partial charge in [-0.25, -0.2) is 16.8 Å². The van der Waals surface area contributed by atoms with Gasteiger partial charge in [0.25, 0.3) is 0 Å². The maximum Gasteiger partial charge on any atom is 0.215 e. The first-order valence-corrected chi connectivity index (χ1v) is 12.2. The number of hydrogen-bond acceptors (Lipinski definition) is 4. The molecule has 0 aromatic carbocycles. The lowest BCUT2D eigenvalue weighted by molar-refractivity contribution is 0.0909. The van der Waals surface area contributed by atoms with Crippen LogP contribution in [0.5, 0.6) is 0 Å². The highest BCUT2D eigenvalue weighted by Gasteiger charge is 2.63. The molecule has 132 valence electrons. The first kappa shape index (κ1) is 16.3. The van der Waals surface area contributed by atoms with Crippen molar-refractivity contribution in [2.45, 2.75) is 57.9 Å². The summed E-state index contributed by atoms with van der Waals surface area (Å²) in [5.41, 5.74) is -0.639. The monoisotopic (exact) mass is 361 g/mol. The van der Waals surface area contributed by atoms with E-state index in [1.807, 2.05) is 0 Å². The Hall–Kier alpha value is -0.140. The molecule has 1 atom stereocenters. The topological polar surface area (TPSA) is 71.5 Å². The Morgan fingerprint density at radius 2 is 1.74 bits per heavy atom. The molecule has 0 aromatic rings. The molecular weight excluding hydrogens is 334 g/mol. The minimum absolute atomic E-state index is 0.0260. The molecule has 23 heavy (non-hydrogen) atoms. The highest BCUT2D eigenvalue weighted by atomic mass is 32.2. The third kappa shape index (κ3) is 2.11. The lowest BCUT2D eigenvalue weighted by Crippen LogP contribution is -2.64. The predicted octanol–water partition coefficient (Wildman–Crippen LogP) is 1.80. The predicted molar refractivity (Wildman–Crippen MR) is 89.3 cm³/mol. The van der Waals surface area contributed by atoms with E-state index in [1.165, 1.54) is 0 Å². The third-order valence-corrected chi connectivity index (χ3v) is 11.8. The summed E-state index contributed by atoms with van der Waals surface area (Å²) < 4.78 is 51.6. The van der Waals surface area contributed by atoms with Crippen LogP contribution >= 0.6 is 0 Å². The first-order chi connectivity index (χ1) is 10.5. The molecule has 2 aliphatic heterocycles. The minimum atomic E-state index is -3.39. The number of fused-ring (bicyclic) bond motifs is 2. The Balaban J connectivity index is 1.60. The largest absolute Gasteiger partial charge is 0.229 e. The van der Waals surface area contributed by atoms with E-state index in [0.29, 0.717) is 25.3 Å². The van der Waals surface area contributed by atoms with Crippen molar-refractivity contribution in [1.29, 1.82) is 0 Å². The first-order valence-electron chi connectivity index (χ1n) is 8.73. The second-order valence-electron chi connectivity index (χ2n) is 8.92. The molecule has 2 bridgehead atoms.